The lowest BCUT2D eigenvalue weighted by Gasteiger charge is -1.97. The summed E-state index contributed by atoms with van der Waals surface area (Å²) in [6.45, 7) is 0. The Kier molecular flexibility index (Phi) is 2.09. The molecule has 0 saturated heterocycles. The fourth-order valence-electron chi connectivity index (χ4n) is 0.651. The summed E-state index contributed by atoms with van der Waals surface area (Å²) in [6.07, 6.45) is 0. The largest absolute Gasteiger partial charge is 0.480 e. The third-order valence-corrected chi connectivity index (χ3v) is 1.22. The highest BCUT2D eigenvalue weighted by Gasteiger charge is 2.09. The van der Waals surface area contributed by atoms with Gasteiger partial charge in [0.05, 0.1) is 7.11 Å². The molecule has 0 aliphatic rings. The number of ether oxygens (including phenoxy) is 1. The molecule has 0 aliphatic carbocycles. The number of methoxy groups -OCH3 is 1. The number of aromatic nitrogens is 2. The van der Waals surface area contributed by atoms with Crippen LogP contribution < -0.4 is 10.3 Å². The molecule has 1 aromatic rings. The minimum Gasteiger partial charge on any atom is -0.480 e. The van der Waals surface area contributed by atoms with Gasteiger partial charge in [-0.2, -0.15) is 0 Å². The maximum atomic E-state index is 10.8. The van der Waals surface area contributed by atoms with Crippen LogP contribution in [0.3, 0.4) is 0 Å². The molecule has 0 unspecified atom stereocenters. The monoisotopic (exact) mass is 170 g/mol. The van der Waals surface area contributed by atoms with Gasteiger partial charge in [0.1, 0.15) is 5.56 Å². The van der Waals surface area contributed by atoms with Crippen molar-refractivity contribution in [3.63, 3.8) is 0 Å². The smallest absolute Gasteiger partial charge is 0.341 e. The van der Waals surface area contributed by atoms with Crippen LogP contribution >= 0.6 is 0 Å². The van der Waals surface area contributed by atoms with E-state index in [1.54, 1.807) is 0 Å². The van der Waals surface area contributed by atoms with E-state index >= 15 is 0 Å². The SMILES string of the molecule is COc1cc(C(=O)O)c(=O)[nH]n1. The normalized spacial score (nSPS) is 9.42. The number of carboxylic acid groups (broad SMARTS) is 1. The zero-order chi connectivity index (χ0) is 9.14. The van der Waals surface area contributed by atoms with E-state index in [1.165, 1.54) is 7.11 Å². The van der Waals surface area contributed by atoms with Gasteiger partial charge in [-0.25, -0.2) is 9.89 Å². The molecular formula is C6H6N2O4. The molecule has 0 spiro atoms. The van der Waals surface area contributed by atoms with E-state index in [4.69, 9.17) is 5.11 Å². The molecule has 1 rings (SSSR count). The van der Waals surface area contributed by atoms with E-state index in [-0.39, 0.29) is 11.4 Å². The lowest BCUT2D eigenvalue weighted by atomic mass is 10.3. The van der Waals surface area contributed by atoms with Crippen molar-refractivity contribution >= 4 is 5.97 Å². The van der Waals surface area contributed by atoms with Crippen LogP contribution in [-0.2, 0) is 0 Å². The van der Waals surface area contributed by atoms with E-state index < -0.39 is 11.5 Å². The molecule has 64 valence electrons. The molecule has 0 fully saturated rings. The summed E-state index contributed by atoms with van der Waals surface area (Å²) in [5.74, 6) is -1.25. The Morgan fingerprint density at radius 3 is 2.92 bits per heavy atom. The number of nitrogens with one attached hydrogen (secondary N) is 1. The number of aromatic carboxylic acids is 1. The Morgan fingerprint density at radius 2 is 2.42 bits per heavy atom. The number of nitrogens with zero attached hydrogens (tertiary/aromatic N) is 1. The lowest BCUT2D eigenvalue weighted by Crippen LogP contribution is -2.18. The molecule has 0 bridgehead atoms. The second kappa shape index (κ2) is 3.04. The molecule has 1 aromatic heterocycles. The first-order chi connectivity index (χ1) is 5.65. The lowest BCUT2D eigenvalue weighted by molar-refractivity contribution is 0.0694. The highest BCUT2D eigenvalue weighted by molar-refractivity contribution is 5.87. The molecule has 0 amide bonds. The van der Waals surface area contributed by atoms with Crippen molar-refractivity contribution < 1.29 is 14.6 Å². The summed E-state index contributed by atoms with van der Waals surface area (Å²) < 4.78 is 4.62. The first-order valence-electron chi connectivity index (χ1n) is 3.02. The van der Waals surface area contributed by atoms with Gasteiger partial charge in [0.25, 0.3) is 5.56 Å². The van der Waals surface area contributed by atoms with Crippen LogP contribution in [-0.4, -0.2) is 28.4 Å². The van der Waals surface area contributed by atoms with Crippen molar-refractivity contribution in [2.24, 2.45) is 0 Å². The second-order valence-corrected chi connectivity index (χ2v) is 1.96. The summed E-state index contributed by atoms with van der Waals surface area (Å²) in [6, 6.07) is 1.06. The highest BCUT2D eigenvalue weighted by atomic mass is 16.5. The predicted octanol–water partition coefficient (Wildman–Crippen LogP) is -0.523. The first kappa shape index (κ1) is 8.25. The molecule has 0 aliphatic heterocycles. The van der Waals surface area contributed by atoms with E-state index in [0.29, 0.717) is 0 Å². The Morgan fingerprint density at radius 1 is 1.75 bits per heavy atom. The minimum atomic E-state index is -1.31. The van der Waals surface area contributed by atoms with Crippen LogP contribution in [0.1, 0.15) is 10.4 Å². The number of H-pyrrole nitrogens is 1. The van der Waals surface area contributed by atoms with Gasteiger partial charge < -0.3 is 9.84 Å². The maximum absolute atomic E-state index is 10.8. The highest BCUT2D eigenvalue weighted by Crippen LogP contribution is 2.02. The molecule has 6 nitrogen and oxygen atoms in total. The van der Waals surface area contributed by atoms with E-state index in [1.807, 2.05) is 5.10 Å². The molecule has 0 atom stereocenters. The third-order valence-electron chi connectivity index (χ3n) is 1.22. The van der Waals surface area contributed by atoms with Crippen molar-refractivity contribution in [2.75, 3.05) is 7.11 Å². The second-order valence-electron chi connectivity index (χ2n) is 1.96. The molecule has 1 heterocycles. The zero-order valence-electron chi connectivity index (χ0n) is 6.20. The Labute approximate surface area is 66.8 Å². The van der Waals surface area contributed by atoms with Gasteiger partial charge in [-0.15, -0.1) is 5.10 Å². The van der Waals surface area contributed by atoms with Crippen LogP contribution in [0.4, 0.5) is 0 Å². The van der Waals surface area contributed by atoms with Crippen molar-refractivity contribution in [2.45, 2.75) is 0 Å². The topological polar surface area (TPSA) is 92.3 Å². The van der Waals surface area contributed by atoms with Gasteiger partial charge in [0, 0.05) is 6.07 Å². The van der Waals surface area contributed by atoms with E-state index in [2.05, 4.69) is 9.84 Å². The molecule has 0 aromatic carbocycles. The van der Waals surface area contributed by atoms with Gasteiger partial charge in [-0.1, -0.05) is 0 Å². The van der Waals surface area contributed by atoms with Crippen molar-refractivity contribution in [1.82, 2.24) is 10.2 Å². The zero-order valence-corrected chi connectivity index (χ0v) is 6.20. The van der Waals surface area contributed by atoms with Crippen LogP contribution in [0.5, 0.6) is 5.88 Å². The third kappa shape index (κ3) is 1.42. The summed E-state index contributed by atoms with van der Waals surface area (Å²) in [7, 11) is 1.33. The number of aromatic amines is 1. The fourth-order valence-corrected chi connectivity index (χ4v) is 0.651. The minimum absolute atomic E-state index is 0.0620. The quantitative estimate of drug-likeness (QED) is 0.622. The number of carbonyl (C=O) groups is 1. The molecule has 6 heteroatoms. The van der Waals surface area contributed by atoms with Crippen LogP contribution in [0.2, 0.25) is 0 Å². The average molecular weight is 170 g/mol. The van der Waals surface area contributed by atoms with E-state index in [0.717, 1.165) is 6.07 Å². The first-order valence-corrected chi connectivity index (χ1v) is 3.02. The van der Waals surface area contributed by atoms with Gasteiger partial charge in [-0.3, -0.25) is 4.79 Å². The van der Waals surface area contributed by atoms with Crippen LogP contribution in [0.15, 0.2) is 10.9 Å². The average Bonchev–Trinajstić information content (AvgIpc) is 2.05. The van der Waals surface area contributed by atoms with Crippen molar-refractivity contribution in [3.05, 3.63) is 22.0 Å². The molecule has 0 radical (unpaired) electrons. The fraction of sp³-hybridized carbons (Fsp3) is 0.167. The maximum Gasteiger partial charge on any atom is 0.341 e. The molecule has 2 N–H and O–H groups in total. The number of rotatable bonds is 2. The molecule has 12 heavy (non-hydrogen) atoms. The number of carboxylic acids is 1. The van der Waals surface area contributed by atoms with Gasteiger partial charge in [-0.05, 0) is 0 Å². The van der Waals surface area contributed by atoms with Gasteiger partial charge >= 0.3 is 5.97 Å². The van der Waals surface area contributed by atoms with Crippen molar-refractivity contribution in [1.29, 1.82) is 0 Å². The summed E-state index contributed by atoms with van der Waals surface area (Å²) >= 11 is 0. The molecule has 0 saturated carbocycles. The van der Waals surface area contributed by atoms with E-state index in [9.17, 15) is 9.59 Å². The van der Waals surface area contributed by atoms with Crippen molar-refractivity contribution in [3.8, 4) is 5.88 Å². The Balaban J connectivity index is 3.26. The standard InChI is InChI=1S/C6H6N2O4/c1-12-4-2-3(6(10)11)5(9)8-7-4/h2H,1H3,(H,8,9)(H,10,11). The Bertz CT molecular complexity index is 357. The number of hydrogen-bond donors (Lipinski definition) is 2. The summed E-state index contributed by atoms with van der Waals surface area (Å²) in [4.78, 5) is 21.2. The summed E-state index contributed by atoms with van der Waals surface area (Å²) in [5, 5.41) is 13.9. The summed E-state index contributed by atoms with van der Waals surface area (Å²) in [5.41, 5.74) is -1.13. The Hall–Kier alpha value is -1.85. The van der Waals surface area contributed by atoms with Gasteiger partial charge in [0.2, 0.25) is 5.88 Å². The van der Waals surface area contributed by atoms with Gasteiger partial charge in [0.15, 0.2) is 0 Å². The predicted molar refractivity (Wildman–Crippen MR) is 38.4 cm³/mol. The molecular weight excluding hydrogens is 164 g/mol. The van der Waals surface area contributed by atoms with Crippen LogP contribution in [0, 0.1) is 0 Å². The number of hydrogen-bond acceptors (Lipinski definition) is 4. The van der Waals surface area contributed by atoms with Crippen LogP contribution in [0.25, 0.3) is 0 Å².